The molecule has 68 valence electrons. The van der Waals surface area contributed by atoms with E-state index in [2.05, 4.69) is 46.0 Å². The minimum Gasteiger partial charge on any atom is -0.256 e. The van der Waals surface area contributed by atoms with Gasteiger partial charge in [-0.3, -0.25) is 4.98 Å². The van der Waals surface area contributed by atoms with Gasteiger partial charge in [0.1, 0.15) is 0 Å². The molecule has 1 aromatic carbocycles. The van der Waals surface area contributed by atoms with Crippen LogP contribution < -0.4 is 0 Å². The number of hydrogen-bond donors (Lipinski definition) is 0. The van der Waals surface area contributed by atoms with Crippen molar-refractivity contribution >= 4 is 39.2 Å². The van der Waals surface area contributed by atoms with E-state index >= 15 is 0 Å². The number of benzene rings is 1. The van der Waals surface area contributed by atoms with Crippen molar-refractivity contribution in [2.45, 2.75) is 6.92 Å². The van der Waals surface area contributed by atoms with Gasteiger partial charge in [0.25, 0.3) is 0 Å². The molecule has 0 bridgehead atoms. The molecule has 0 N–H and O–H groups in total. The zero-order valence-electron chi connectivity index (χ0n) is 7.12. The number of pyridine rings is 1. The van der Waals surface area contributed by atoms with Crippen LogP contribution in [0.5, 0.6) is 0 Å². The first-order valence-electron chi connectivity index (χ1n) is 3.78. The van der Waals surface area contributed by atoms with Crippen LogP contribution in [-0.2, 0) is 0 Å². The summed E-state index contributed by atoms with van der Waals surface area (Å²) in [6.07, 6.45) is 1.82. The SMILES string of the molecule is Cc1cc(Br)cc2cccnc12.Cl. The molecule has 0 spiro atoms. The minimum atomic E-state index is 0. The first-order valence-corrected chi connectivity index (χ1v) is 4.57. The Morgan fingerprint density at radius 3 is 2.85 bits per heavy atom. The highest BCUT2D eigenvalue weighted by molar-refractivity contribution is 9.10. The summed E-state index contributed by atoms with van der Waals surface area (Å²) in [4.78, 5) is 4.30. The van der Waals surface area contributed by atoms with Gasteiger partial charge in [-0.15, -0.1) is 12.4 Å². The van der Waals surface area contributed by atoms with Gasteiger partial charge < -0.3 is 0 Å². The molecule has 2 rings (SSSR count). The average molecular weight is 259 g/mol. The van der Waals surface area contributed by atoms with Crippen LogP contribution >= 0.6 is 28.3 Å². The van der Waals surface area contributed by atoms with Gasteiger partial charge in [0.2, 0.25) is 0 Å². The Hall–Kier alpha value is -0.600. The van der Waals surface area contributed by atoms with Gasteiger partial charge >= 0.3 is 0 Å². The maximum absolute atomic E-state index is 4.30. The molecule has 0 aliphatic carbocycles. The largest absolute Gasteiger partial charge is 0.256 e. The van der Waals surface area contributed by atoms with Gasteiger partial charge in [0.05, 0.1) is 5.52 Å². The van der Waals surface area contributed by atoms with Crippen molar-refractivity contribution in [3.05, 3.63) is 40.5 Å². The van der Waals surface area contributed by atoms with Crippen molar-refractivity contribution in [1.29, 1.82) is 0 Å². The molecule has 0 fully saturated rings. The maximum Gasteiger partial charge on any atom is 0.0731 e. The van der Waals surface area contributed by atoms with E-state index in [1.54, 1.807) is 0 Å². The Labute approximate surface area is 91.7 Å². The molecule has 2 aromatic rings. The summed E-state index contributed by atoms with van der Waals surface area (Å²) >= 11 is 3.46. The van der Waals surface area contributed by atoms with Crippen molar-refractivity contribution in [2.75, 3.05) is 0 Å². The van der Waals surface area contributed by atoms with E-state index in [9.17, 15) is 0 Å². The van der Waals surface area contributed by atoms with Gasteiger partial charge in [-0.25, -0.2) is 0 Å². The molecule has 3 heteroatoms. The third-order valence-corrected chi connectivity index (χ3v) is 2.32. The third kappa shape index (κ3) is 2.01. The second-order valence-electron chi connectivity index (χ2n) is 2.80. The molecule has 0 aliphatic rings. The highest BCUT2D eigenvalue weighted by atomic mass is 79.9. The Bertz CT molecular complexity index is 428. The molecular weight excluding hydrogens is 249 g/mol. The van der Waals surface area contributed by atoms with E-state index in [0.717, 1.165) is 9.99 Å². The molecule has 1 heterocycles. The molecule has 0 aliphatic heterocycles. The normalized spacial score (nSPS) is 9.69. The zero-order chi connectivity index (χ0) is 8.55. The van der Waals surface area contributed by atoms with E-state index in [1.807, 2.05) is 12.3 Å². The lowest BCUT2D eigenvalue weighted by atomic mass is 10.1. The van der Waals surface area contributed by atoms with Crippen LogP contribution in [0.2, 0.25) is 0 Å². The smallest absolute Gasteiger partial charge is 0.0731 e. The number of halogens is 2. The highest BCUT2D eigenvalue weighted by Crippen LogP contribution is 2.21. The minimum absolute atomic E-state index is 0. The fourth-order valence-electron chi connectivity index (χ4n) is 1.33. The molecule has 0 radical (unpaired) electrons. The Balaban J connectivity index is 0.000000845. The van der Waals surface area contributed by atoms with E-state index in [-0.39, 0.29) is 12.4 Å². The van der Waals surface area contributed by atoms with Crippen LogP contribution in [0.1, 0.15) is 5.56 Å². The van der Waals surface area contributed by atoms with Crippen LogP contribution in [0.3, 0.4) is 0 Å². The van der Waals surface area contributed by atoms with E-state index in [1.165, 1.54) is 10.9 Å². The molecule has 0 saturated heterocycles. The summed E-state index contributed by atoms with van der Waals surface area (Å²) in [7, 11) is 0. The second-order valence-corrected chi connectivity index (χ2v) is 3.71. The van der Waals surface area contributed by atoms with Gasteiger partial charge in [-0.2, -0.15) is 0 Å². The fourth-order valence-corrected chi connectivity index (χ4v) is 1.92. The summed E-state index contributed by atoms with van der Waals surface area (Å²) in [5, 5.41) is 1.18. The molecule has 0 amide bonds. The van der Waals surface area contributed by atoms with Gasteiger partial charge in [0.15, 0.2) is 0 Å². The number of aryl methyl sites for hydroxylation is 1. The maximum atomic E-state index is 4.30. The quantitative estimate of drug-likeness (QED) is 0.702. The monoisotopic (exact) mass is 257 g/mol. The number of rotatable bonds is 0. The van der Waals surface area contributed by atoms with Crippen LogP contribution in [0.4, 0.5) is 0 Å². The fraction of sp³-hybridized carbons (Fsp3) is 0.100. The lowest BCUT2D eigenvalue weighted by Gasteiger charge is -2.00. The van der Waals surface area contributed by atoms with Gasteiger partial charge in [-0.05, 0) is 30.7 Å². The lowest BCUT2D eigenvalue weighted by Crippen LogP contribution is -1.81. The summed E-state index contributed by atoms with van der Waals surface area (Å²) in [6, 6.07) is 8.18. The predicted octanol–water partition coefficient (Wildman–Crippen LogP) is 3.73. The molecule has 0 unspecified atom stereocenters. The second kappa shape index (κ2) is 4.07. The van der Waals surface area contributed by atoms with Crippen LogP contribution in [0.15, 0.2) is 34.9 Å². The number of fused-ring (bicyclic) bond motifs is 1. The van der Waals surface area contributed by atoms with Gasteiger partial charge in [0, 0.05) is 16.1 Å². The zero-order valence-corrected chi connectivity index (χ0v) is 9.52. The van der Waals surface area contributed by atoms with Crippen molar-refractivity contribution < 1.29 is 0 Å². The van der Waals surface area contributed by atoms with E-state index < -0.39 is 0 Å². The summed E-state index contributed by atoms with van der Waals surface area (Å²) < 4.78 is 1.11. The molecule has 0 saturated carbocycles. The summed E-state index contributed by atoms with van der Waals surface area (Å²) in [5.74, 6) is 0. The molecule has 1 aromatic heterocycles. The predicted molar refractivity (Wildman–Crippen MR) is 61.4 cm³/mol. The van der Waals surface area contributed by atoms with Crippen molar-refractivity contribution in [3.8, 4) is 0 Å². The first kappa shape index (κ1) is 10.5. The van der Waals surface area contributed by atoms with E-state index in [4.69, 9.17) is 0 Å². The van der Waals surface area contributed by atoms with Crippen LogP contribution in [-0.4, -0.2) is 4.98 Å². The highest BCUT2D eigenvalue weighted by Gasteiger charge is 1.98. The van der Waals surface area contributed by atoms with Crippen LogP contribution in [0.25, 0.3) is 10.9 Å². The summed E-state index contributed by atoms with van der Waals surface area (Å²) in [6.45, 7) is 2.07. The molecular formula is C10H9BrClN. The molecule has 0 atom stereocenters. The van der Waals surface area contributed by atoms with Crippen molar-refractivity contribution in [1.82, 2.24) is 4.98 Å². The summed E-state index contributed by atoms with van der Waals surface area (Å²) in [5.41, 5.74) is 2.29. The van der Waals surface area contributed by atoms with Crippen LogP contribution in [0, 0.1) is 6.92 Å². The van der Waals surface area contributed by atoms with E-state index in [0.29, 0.717) is 0 Å². The number of aromatic nitrogens is 1. The standard InChI is InChI=1S/C10H8BrN.ClH/c1-7-5-9(11)6-8-3-2-4-12-10(7)8;/h2-6H,1H3;1H. The Kier molecular flexibility index (Phi) is 3.28. The molecule has 13 heavy (non-hydrogen) atoms. The first-order chi connectivity index (χ1) is 5.77. The lowest BCUT2D eigenvalue weighted by molar-refractivity contribution is 1.36. The number of hydrogen-bond acceptors (Lipinski definition) is 1. The third-order valence-electron chi connectivity index (χ3n) is 1.86. The van der Waals surface area contributed by atoms with Crippen molar-refractivity contribution in [3.63, 3.8) is 0 Å². The van der Waals surface area contributed by atoms with Crippen molar-refractivity contribution in [2.24, 2.45) is 0 Å². The Morgan fingerprint density at radius 2 is 2.08 bits per heavy atom. The van der Waals surface area contributed by atoms with Gasteiger partial charge in [-0.1, -0.05) is 22.0 Å². The Morgan fingerprint density at radius 1 is 1.31 bits per heavy atom. The molecule has 1 nitrogen and oxygen atoms in total. The number of nitrogens with zero attached hydrogens (tertiary/aromatic N) is 1. The average Bonchev–Trinajstić information content (AvgIpc) is 2.04. The topological polar surface area (TPSA) is 12.9 Å².